The zero-order chi connectivity index (χ0) is 18.3. The second-order valence-electron chi connectivity index (χ2n) is 6.63. The standard InChI is InChI=1S/C19H18ClFN2O3/c1-25-18(24)15-4-5-16-17(22-15)19(6-8-26-9-7-19)11-23(16)12-2-3-13(20)14(21)10-12/h2-5,10H,6-9,11H2,1H3. The summed E-state index contributed by atoms with van der Waals surface area (Å²) in [5, 5.41) is 0.0908. The SMILES string of the molecule is COC(=O)c1ccc2c(n1)C1(CCOCC1)CN2c1ccc(Cl)c(F)c1. The van der Waals surface area contributed by atoms with Crippen LogP contribution in [0, 0.1) is 5.82 Å². The molecule has 1 aromatic carbocycles. The van der Waals surface area contributed by atoms with Gasteiger partial charge in [-0.3, -0.25) is 0 Å². The molecule has 1 fully saturated rings. The Bertz CT molecular complexity index is 868. The highest BCUT2D eigenvalue weighted by atomic mass is 35.5. The number of rotatable bonds is 2. The molecule has 0 amide bonds. The number of halogens is 2. The maximum absolute atomic E-state index is 14.0. The van der Waals surface area contributed by atoms with Gasteiger partial charge in [0, 0.05) is 30.9 Å². The van der Waals surface area contributed by atoms with E-state index in [1.165, 1.54) is 13.2 Å². The van der Waals surface area contributed by atoms with Gasteiger partial charge in [0.25, 0.3) is 0 Å². The summed E-state index contributed by atoms with van der Waals surface area (Å²) in [4.78, 5) is 18.6. The van der Waals surface area contributed by atoms with Gasteiger partial charge in [-0.15, -0.1) is 0 Å². The Labute approximate surface area is 155 Å². The van der Waals surface area contributed by atoms with Crippen molar-refractivity contribution >= 4 is 28.9 Å². The van der Waals surface area contributed by atoms with Crippen LogP contribution < -0.4 is 4.90 Å². The third kappa shape index (κ3) is 2.73. The molecule has 7 heteroatoms. The normalized spacial score (nSPS) is 18.0. The summed E-state index contributed by atoms with van der Waals surface area (Å²) in [6, 6.07) is 8.27. The number of nitrogens with zero attached hydrogens (tertiary/aromatic N) is 2. The summed E-state index contributed by atoms with van der Waals surface area (Å²) in [5.74, 6) is -0.927. The summed E-state index contributed by atoms with van der Waals surface area (Å²) in [6.45, 7) is 1.92. The topological polar surface area (TPSA) is 51.7 Å². The molecule has 4 rings (SSSR count). The Kier molecular flexibility index (Phi) is 4.32. The highest BCUT2D eigenvalue weighted by molar-refractivity contribution is 6.30. The summed E-state index contributed by atoms with van der Waals surface area (Å²) in [6.07, 6.45) is 1.59. The van der Waals surface area contributed by atoms with Gasteiger partial charge in [-0.2, -0.15) is 0 Å². The van der Waals surface area contributed by atoms with Crippen LogP contribution in [0.5, 0.6) is 0 Å². The second-order valence-corrected chi connectivity index (χ2v) is 7.04. The lowest BCUT2D eigenvalue weighted by Gasteiger charge is -2.33. The Morgan fingerprint density at radius 2 is 2.08 bits per heavy atom. The number of aromatic nitrogens is 1. The molecule has 0 aliphatic carbocycles. The van der Waals surface area contributed by atoms with Crippen LogP contribution in [0.15, 0.2) is 30.3 Å². The molecule has 3 heterocycles. The minimum atomic E-state index is -0.467. The molecule has 136 valence electrons. The molecular weight excluding hydrogens is 359 g/mol. The first-order valence-electron chi connectivity index (χ1n) is 8.44. The molecule has 0 unspecified atom stereocenters. The Morgan fingerprint density at radius 1 is 1.31 bits per heavy atom. The predicted octanol–water partition coefficient (Wildman–Crippen LogP) is 3.86. The Hall–Kier alpha value is -2.18. The fourth-order valence-corrected chi connectivity index (χ4v) is 3.90. The van der Waals surface area contributed by atoms with Crippen molar-refractivity contribution in [2.24, 2.45) is 0 Å². The maximum atomic E-state index is 14.0. The van der Waals surface area contributed by atoms with E-state index in [-0.39, 0.29) is 16.1 Å². The lowest BCUT2D eigenvalue weighted by molar-refractivity contribution is 0.0539. The summed E-state index contributed by atoms with van der Waals surface area (Å²) < 4.78 is 24.3. The van der Waals surface area contributed by atoms with E-state index in [0.717, 1.165) is 24.2 Å². The van der Waals surface area contributed by atoms with Gasteiger partial charge in [0.2, 0.25) is 0 Å². The number of fused-ring (bicyclic) bond motifs is 2. The zero-order valence-corrected chi connectivity index (χ0v) is 15.1. The van der Waals surface area contributed by atoms with Gasteiger partial charge < -0.3 is 14.4 Å². The highest BCUT2D eigenvalue weighted by Gasteiger charge is 2.46. The first-order valence-corrected chi connectivity index (χ1v) is 8.82. The van der Waals surface area contributed by atoms with E-state index in [0.29, 0.717) is 25.4 Å². The van der Waals surface area contributed by atoms with E-state index >= 15 is 0 Å². The number of benzene rings is 1. The third-order valence-corrected chi connectivity index (χ3v) is 5.49. The van der Waals surface area contributed by atoms with Gasteiger partial charge >= 0.3 is 5.97 Å². The number of esters is 1. The Balaban J connectivity index is 1.82. The second kappa shape index (κ2) is 6.52. The number of anilines is 2. The predicted molar refractivity (Wildman–Crippen MR) is 95.7 cm³/mol. The van der Waals surface area contributed by atoms with Crippen LogP contribution in [-0.2, 0) is 14.9 Å². The molecule has 1 saturated heterocycles. The van der Waals surface area contributed by atoms with Crippen molar-refractivity contribution in [3.63, 3.8) is 0 Å². The number of hydrogen-bond donors (Lipinski definition) is 0. The molecule has 5 nitrogen and oxygen atoms in total. The number of methoxy groups -OCH3 is 1. The van der Waals surface area contributed by atoms with E-state index in [4.69, 9.17) is 21.1 Å². The van der Waals surface area contributed by atoms with E-state index < -0.39 is 11.8 Å². The third-order valence-electron chi connectivity index (χ3n) is 5.19. The number of carbonyl (C=O) groups is 1. The van der Waals surface area contributed by atoms with Crippen molar-refractivity contribution < 1.29 is 18.7 Å². The van der Waals surface area contributed by atoms with Gasteiger partial charge in [0.1, 0.15) is 11.5 Å². The van der Waals surface area contributed by atoms with Gasteiger partial charge in [-0.25, -0.2) is 14.2 Å². The molecule has 0 saturated carbocycles. The van der Waals surface area contributed by atoms with Gasteiger partial charge in [-0.1, -0.05) is 11.6 Å². The average molecular weight is 377 g/mol. The molecule has 1 spiro atoms. The van der Waals surface area contributed by atoms with Crippen LogP contribution in [0.3, 0.4) is 0 Å². The number of ether oxygens (including phenoxy) is 2. The highest BCUT2D eigenvalue weighted by Crippen LogP contribution is 2.48. The van der Waals surface area contributed by atoms with Crippen molar-refractivity contribution in [1.82, 2.24) is 4.98 Å². The number of hydrogen-bond acceptors (Lipinski definition) is 5. The Morgan fingerprint density at radius 3 is 2.77 bits per heavy atom. The van der Waals surface area contributed by atoms with Crippen molar-refractivity contribution in [3.05, 3.63) is 52.6 Å². The molecule has 0 radical (unpaired) electrons. The number of carbonyl (C=O) groups excluding carboxylic acids is 1. The molecule has 1 aromatic heterocycles. The minimum Gasteiger partial charge on any atom is -0.464 e. The van der Waals surface area contributed by atoms with Gasteiger partial charge in [-0.05, 0) is 43.2 Å². The van der Waals surface area contributed by atoms with Gasteiger partial charge in [0.05, 0.1) is 23.5 Å². The molecule has 2 aromatic rings. The molecule has 0 bridgehead atoms. The van der Waals surface area contributed by atoms with Gasteiger partial charge in [0.15, 0.2) is 0 Å². The first-order chi connectivity index (χ1) is 12.5. The zero-order valence-electron chi connectivity index (χ0n) is 14.3. The molecule has 2 aliphatic heterocycles. The quantitative estimate of drug-likeness (QED) is 0.745. The monoisotopic (exact) mass is 376 g/mol. The van der Waals surface area contributed by atoms with E-state index in [9.17, 15) is 9.18 Å². The van der Waals surface area contributed by atoms with Crippen molar-refractivity contribution in [2.75, 3.05) is 31.8 Å². The van der Waals surface area contributed by atoms with Crippen LogP contribution in [-0.4, -0.2) is 37.8 Å². The van der Waals surface area contributed by atoms with Crippen LogP contribution >= 0.6 is 11.6 Å². The first kappa shape index (κ1) is 17.2. The smallest absolute Gasteiger partial charge is 0.356 e. The molecular formula is C19H18ClFN2O3. The minimum absolute atomic E-state index is 0.0908. The van der Waals surface area contributed by atoms with Crippen LogP contribution in [0.1, 0.15) is 29.0 Å². The largest absolute Gasteiger partial charge is 0.464 e. The van der Waals surface area contributed by atoms with Crippen molar-refractivity contribution in [1.29, 1.82) is 0 Å². The van der Waals surface area contributed by atoms with E-state index in [2.05, 4.69) is 4.98 Å². The van der Waals surface area contributed by atoms with Crippen LogP contribution in [0.25, 0.3) is 0 Å². The number of pyridine rings is 1. The molecule has 0 atom stereocenters. The van der Waals surface area contributed by atoms with E-state index in [1.54, 1.807) is 18.2 Å². The maximum Gasteiger partial charge on any atom is 0.356 e. The fraction of sp³-hybridized carbons (Fsp3) is 0.368. The van der Waals surface area contributed by atoms with Crippen molar-refractivity contribution in [2.45, 2.75) is 18.3 Å². The van der Waals surface area contributed by atoms with E-state index in [1.807, 2.05) is 11.0 Å². The molecule has 0 N–H and O–H groups in total. The molecule has 2 aliphatic rings. The van der Waals surface area contributed by atoms with Crippen LogP contribution in [0.2, 0.25) is 5.02 Å². The lowest BCUT2D eigenvalue weighted by atomic mass is 9.78. The summed E-state index contributed by atoms with van der Waals surface area (Å²) >= 11 is 5.83. The lowest BCUT2D eigenvalue weighted by Crippen LogP contribution is -2.38. The summed E-state index contributed by atoms with van der Waals surface area (Å²) in [5.41, 5.74) is 2.49. The van der Waals surface area contributed by atoms with Crippen molar-refractivity contribution in [3.8, 4) is 0 Å². The fourth-order valence-electron chi connectivity index (χ4n) is 3.78. The summed E-state index contributed by atoms with van der Waals surface area (Å²) in [7, 11) is 1.34. The van der Waals surface area contributed by atoms with Crippen LogP contribution in [0.4, 0.5) is 15.8 Å². The average Bonchev–Trinajstić information content (AvgIpc) is 2.97. The molecule has 26 heavy (non-hydrogen) atoms.